The quantitative estimate of drug-likeness (QED) is 0.879. The van der Waals surface area contributed by atoms with Gasteiger partial charge in [0.2, 0.25) is 0 Å². The molecule has 2 N–H and O–H groups in total. The summed E-state index contributed by atoms with van der Waals surface area (Å²) >= 11 is 0. The molecule has 3 nitrogen and oxygen atoms in total. The highest BCUT2D eigenvalue weighted by molar-refractivity contribution is 7.84. The van der Waals surface area contributed by atoms with Gasteiger partial charge in [0.05, 0.1) is 21.8 Å². The van der Waals surface area contributed by atoms with Gasteiger partial charge in [-0.15, -0.1) is 0 Å². The van der Waals surface area contributed by atoms with Crippen molar-refractivity contribution < 1.29 is 4.21 Å². The van der Waals surface area contributed by atoms with Crippen molar-refractivity contribution in [2.45, 2.75) is 57.7 Å². The normalized spacial score (nSPS) is 25.2. The zero-order valence-corrected chi connectivity index (χ0v) is 15.0. The van der Waals surface area contributed by atoms with Crippen molar-refractivity contribution in [1.29, 1.82) is 0 Å². The first kappa shape index (κ1) is 16.2. The minimum atomic E-state index is -1.04. The van der Waals surface area contributed by atoms with E-state index in [0.717, 1.165) is 32.4 Å². The zero-order valence-electron chi connectivity index (χ0n) is 14.2. The van der Waals surface area contributed by atoms with Crippen LogP contribution in [0.2, 0.25) is 0 Å². The molecule has 1 aliphatic carbocycles. The van der Waals surface area contributed by atoms with Crippen LogP contribution in [0.1, 0.15) is 56.3 Å². The topological polar surface area (TPSA) is 41.1 Å². The van der Waals surface area contributed by atoms with Crippen LogP contribution in [0.3, 0.4) is 0 Å². The number of hydrogen-bond donors (Lipinski definition) is 2. The molecule has 22 heavy (non-hydrogen) atoms. The smallest absolute Gasteiger partial charge is 0.0976 e. The molecule has 4 heteroatoms. The van der Waals surface area contributed by atoms with Crippen LogP contribution in [-0.2, 0) is 17.4 Å². The lowest BCUT2D eigenvalue weighted by Crippen LogP contribution is -2.46. The van der Waals surface area contributed by atoms with Crippen LogP contribution in [0.5, 0.6) is 0 Å². The molecule has 3 rings (SSSR count). The van der Waals surface area contributed by atoms with Gasteiger partial charge >= 0.3 is 0 Å². The number of aryl methyl sites for hydroxylation is 1. The van der Waals surface area contributed by atoms with E-state index in [9.17, 15) is 4.21 Å². The van der Waals surface area contributed by atoms with Gasteiger partial charge in [0.15, 0.2) is 0 Å². The van der Waals surface area contributed by atoms with E-state index in [1.807, 2.05) is 20.8 Å². The van der Waals surface area contributed by atoms with Gasteiger partial charge in [-0.3, -0.25) is 0 Å². The molecule has 1 aromatic carbocycles. The third-order valence-electron chi connectivity index (χ3n) is 5.14. The van der Waals surface area contributed by atoms with E-state index in [-0.39, 0.29) is 16.2 Å². The van der Waals surface area contributed by atoms with Crippen molar-refractivity contribution in [2.75, 3.05) is 13.1 Å². The van der Waals surface area contributed by atoms with E-state index in [2.05, 4.69) is 35.2 Å². The predicted octanol–water partition coefficient (Wildman–Crippen LogP) is 3.01. The molecule has 0 bridgehead atoms. The monoisotopic (exact) mass is 320 g/mol. The average Bonchev–Trinajstić information content (AvgIpc) is 2.71. The summed E-state index contributed by atoms with van der Waals surface area (Å²) < 4.78 is 16.0. The molecule has 1 aliphatic heterocycles. The maximum Gasteiger partial charge on any atom is 0.0976 e. The van der Waals surface area contributed by atoms with E-state index < -0.39 is 11.0 Å². The first-order valence-corrected chi connectivity index (χ1v) is 9.45. The van der Waals surface area contributed by atoms with Gasteiger partial charge < -0.3 is 5.32 Å². The second-order valence-corrected chi connectivity index (χ2v) is 9.92. The molecule has 1 spiro atoms. The van der Waals surface area contributed by atoms with Crippen LogP contribution in [0.4, 0.5) is 0 Å². The molecule has 0 radical (unpaired) electrons. The summed E-state index contributed by atoms with van der Waals surface area (Å²) in [6, 6.07) is 6.97. The summed E-state index contributed by atoms with van der Waals surface area (Å²) in [6.07, 6.45) is 3.42. The molecule has 0 amide bonds. The lowest BCUT2D eigenvalue weighted by Gasteiger charge is -2.40. The maximum absolute atomic E-state index is 12.7. The van der Waals surface area contributed by atoms with Crippen molar-refractivity contribution >= 4 is 11.0 Å². The average molecular weight is 321 g/mol. The fourth-order valence-corrected chi connectivity index (χ4v) is 4.79. The van der Waals surface area contributed by atoms with Crippen LogP contribution in [0.25, 0.3) is 0 Å². The van der Waals surface area contributed by atoms with Gasteiger partial charge in [0.25, 0.3) is 0 Å². The van der Waals surface area contributed by atoms with Crippen LogP contribution in [-0.4, -0.2) is 22.0 Å². The van der Waals surface area contributed by atoms with Gasteiger partial charge in [-0.2, -0.15) is 0 Å². The van der Waals surface area contributed by atoms with E-state index in [0.29, 0.717) is 0 Å². The Labute approximate surface area is 136 Å². The molecule has 1 fully saturated rings. The molecule has 0 aromatic heterocycles. The molecule has 1 unspecified atom stereocenters. The van der Waals surface area contributed by atoms with E-state index >= 15 is 0 Å². The standard InChI is InChI=1S/C18H28N2OS/c1-13-5-6-15-14(11-13)12-18(7-9-19-10-8-18)16(15)20-22(21)17(2,3)4/h5-6,11,16,19-20H,7-10,12H2,1-4H3/t16?,22-/m1/s1. The fourth-order valence-electron chi connectivity index (χ4n) is 3.84. The minimum Gasteiger partial charge on any atom is -0.317 e. The number of benzene rings is 1. The predicted molar refractivity (Wildman–Crippen MR) is 93.2 cm³/mol. The molecule has 2 atom stereocenters. The number of hydrogen-bond acceptors (Lipinski definition) is 2. The summed E-state index contributed by atoms with van der Waals surface area (Å²) in [7, 11) is -1.04. The van der Waals surface area contributed by atoms with E-state index in [1.54, 1.807) is 0 Å². The highest BCUT2D eigenvalue weighted by Gasteiger charge is 2.47. The number of piperidine rings is 1. The lowest BCUT2D eigenvalue weighted by molar-refractivity contribution is 0.164. The third kappa shape index (κ3) is 2.89. The van der Waals surface area contributed by atoms with Crippen molar-refractivity contribution in [2.24, 2.45) is 5.41 Å². The van der Waals surface area contributed by atoms with Crippen molar-refractivity contribution in [3.63, 3.8) is 0 Å². The summed E-state index contributed by atoms with van der Waals surface area (Å²) in [5.74, 6) is 0. The fraction of sp³-hybridized carbons (Fsp3) is 0.667. The molecule has 1 saturated heterocycles. The zero-order chi connectivity index (χ0) is 16.0. The van der Waals surface area contributed by atoms with Crippen molar-refractivity contribution in [3.8, 4) is 0 Å². The van der Waals surface area contributed by atoms with E-state index in [1.165, 1.54) is 16.7 Å². The molecular weight excluding hydrogens is 292 g/mol. The summed E-state index contributed by atoms with van der Waals surface area (Å²) in [5, 5.41) is 3.47. The number of rotatable bonds is 2. The second kappa shape index (κ2) is 5.73. The van der Waals surface area contributed by atoms with Crippen LogP contribution < -0.4 is 10.0 Å². The summed E-state index contributed by atoms with van der Waals surface area (Å²) in [5.41, 5.74) is 4.36. The molecular formula is C18H28N2OS. The Morgan fingerprint density at radius 1 is 1.27 bits per heavy atom. The molecule has 122 valence electrons. The van der Waals surface area contributed by atoms with Gasteiger partial charge in [-0.05, 0) is 76.6 Å². The van der Waals surface area contributed by atoms with Crippen LogP contribution >= 0.6 is 0 Å². The molecule has 1 aromatic rings. The van der Waals surface area contributed by atoms with Crippen molar-refractivity contribution in [1.82, 2.24) is 10.0 Å². The van der Waals surface area contributed by atoms with Crippen LogP contribution in [0, 0.1) is 12.3 Å². The van der Waals surface area contributed by atoms with Gasteiger partial charge in [0, 0.05) is 0 Å². The highest BCUT2D eigenvalue weighted by atomic mass is 32.2. The van der Waals surface area contributed by atoms with Gasteiger partial charge in [0.1, 0.15) is 0 Å². The van der Waals surface area contributed by atoms with Gasteiger partial charge in [-0.1, -0.05) is 23.8 Å². The summed E-state index contributed by atoms with van der Waals surface area (Å²) in [6.45, 7) is 10.4. The minimum absolute atomic E-state index is 0.213. The van der Waals surface area contributed by atoms with Gasteiger partial charge in [-0.25, -0.2) is 8.93 Å². The lowest BCUT2D eigenvalue weighted by atomic mass is 9.73. The largest absolute Gasteiger partial charge is 0.317 e. The Balaban J connectivity index is 1.96. The maximum atomic E-state index is 12.7. The third-order valence-corrected chi connectivity index (χ3v) is 6.71. The Morgan fingerprint density at radius 3 is 2.59 bits per heavy atom. The van der Waals surface area contributed by atoms with Crippen LogP contribution in [0.15, 0.2) is 18.2 Å². The number of nitrogens with one attached hydrogen (secondary N) is 2. The summed E-state index contributed by atoms with van der Waals surface area (Å²) in [4.78, 5) is 0. The second-order valence-electron chi connectivity index (χ2n) is 7.92. The Hall–Kier alpha value is -0.710. The first-order chi connectivity index (χ1) is 10.3. The Morgan fingerprint density at radius 2 is 1.95 bits per heavy atom. The highest BCUT2D eigenvalue weighted by Crippen LogP contribution is 2.51. The first-order valence-electron chi connectivity index (χ1n) is 8.30. The number of fused-ring (bicyclic) bond motifs is 1. The molecule has 0 saturated carbocycles. The Bertz CT molecular complexity index is 585. The Kier molecular flexibility index (Phi) is 4.21. The van der Waals surface area contributed by atoms with Crippen molar-refractivity contribution in [3.05, 3.63) is 34.9 Å². The van der Waals surface area contributed by atoms with E-state index in [4.69, 9.17) is 0 Å². The SMILES string of the molecule is Cc1ccc2c(c1)CC1(CCNCC1)C2N[S@](=O)C(C)(C)C. The molecule has 2 aliphatic rings. The molecule has 1 heterocycles.